The van der Waals surface area contributed by atoms with Crippen LogP contribution in [0.2, 0.25) is 0 Å². The van der Waals surface area contributed by atoms with Crippen LogP contribution in [0.4, 0.5) is 4.79 Å². The van der Waals surface area contributed by atoms with Gasteiger partial charge in [0.05, 0.1) is 19.3 Å². The largest absolute Gasteiger partial charge is 0.493 e. The van der Waals surface area contributed by atoms with Gasteiger partial charge < -0.3 is 19.5 Å². The van der Waals surface area contributed by atoms with E-state index < -0.39 is 24.0 Å². The first-order chi connectivity index (χ1) is 13.4. The molecule has 1 saturated carbocycles. The summed E-state index contributed by atoms with van der Waals surface area (Å²) in [7, 11) is 1.50. The molecule has 8 nitrogen and oxygen atoms in total. The molecule has 28 heavy (non-hydrogen) atoms. The van der Waals surface area contributed by atoms with Gasteiger partial charge in [-0.3, -0.25) is 10.1 Å². The van der Waals surface area contributed by atoms with Crippen molar-refractivity contribution in [3.05, 3.63) is 23.8 Å². The fourth-order valence-corrected chi connectivity index (χ4v) is 3.04. The third kappa shape index (κ3) is 6.14. The van der Waals surface area contributed by atoms with E-state index >= 15 is 0 Å². The smallest absolute Gasteiger partial charge is 0.339 e. The van der Waals surface area contributed by atoms with E-state index in [4.69, 9.17) is 14.2 Å². The number of urea groups is 1. The first-order valence-corrected chi connectivity index (χ1v) is 9.57. The Kier molecular flexibility index (Phi) is 8.10. The topological polar surface area (TPSA) is 103 Å². The first kappa shape index (κ1) is 21.5. The molecule has 0 aromatic heterocycles. The zero-order valence-electron chi connectivity index (χ0n) is 16.6. The van der Waals surface area contributed by atoms with Gasteiger partial charge >= 0.3 is 12.0 Å². The summed E-state index contributed by atoms with van der Waals surface area (Å²) < 4.78 is 15.8. The standard InChI is InChI=1S/C20H28N2O6/c1-4-27-17-12-14(10-11-16(17)26-3)19(24)28-13(2)18(23)22-20(25)21-15-8-6-5-7-9-15/h10-13,15H,4-9H2,1-3H3,(H2,21,22,23,25). The maximum atomic E-state index is 12.3. The molecule has 0 heterocycles. The monoisotopic (exact) mass is 392 g/mol. The summed E-state index contributed by atoms with van der Waals surface area (Å²) in [5.41, 5.74) is 0.218. The minimum absolute atomic E-state index is 0.0793. The third-order valence-corrected chi connectivity index (χ3v) is 4.53. The quantitative estimate of drug-likeness (QED) is 0.692. The Morgan fingerprint density at radius 1 is 1.14 bits per heavy atom. The van der Waals surface area contributed by atoms with Crippen LogP contribution in [0.25, 0.3) is 0 Å². The Labute approximate surface area is 164 Å². The number of methoxy groups -OCH3 is 1. The van der Waals surface area contributed by atoms with E-state index in [1.54, 1.807) is 6.07 Å². The van der Waals surface area contributed by atoms with Gasteiger partial charge in [0.25, 0.3) is 5.91 Å². The maximum absolute atomic E-state index is 12.3. The molecule has 0 saturated heterocycles. The lowest BCUT2D eigenvalue weighted by Crippen LogP contribution is -2.48. The molecule has 1 unspecified atom stereocenters. The molecule has 1 aromatic carbocycles. The molecule has 0 aliphatic heterocycles. The van der Waals surface area contributed by atoms with Crippen molar-refractivity contribution >= 4 is 17.9 Å². The number of rotatable bonds is 7. The summed E-state index contributed by atoms with van der Waals surface area (Å²) in [5, 5.41) is 5.00. The lowest BCUT2D eigenvalue weighted by Gasteiger charge is -2.23. The van der Waals surface area contributed by atoms with Crippen molar-refractivity contribution in [1.29, 1.82) is 0 Å². The van der Waals surface area contributed by atoms with Crippen LogP contribution in [0.1, 0.15) is 56.3 Å². The second-order valence-corrected chi connectivity index (χ2v) is 6.64. The SMILES string of the molecule is CCOc1cc(C(=O)OC(C)C(=O)NC(=O)NC2CCCCC2)ccc1OC. The van der Waals surface area contributed by atoms with Crippen LogP contribution in [0.15, 0.2) is 18.2 Å². The highest BCUT2D eigenvalue weighted by molar-refractivity contribution is 5.98. The van der Waals surface area contributed by atoms with Gasteiger partial charge in [0, 0.05) is 6.04 Å². The molecular weight excluding hydrogens is 364 g/mol. The van der Waals surface area contributed by atoms with Crippen LogP contribution in [-0.2, 0) is 9.53 Å². The Morgan fingerprint density at radius 3 is 2.50 bits per heavy atom. The molecule has 1 aliphatic carbocycles. The molecular formula is C20H28N2O6. The average molecular weight is 392 g/mol. The van der Waals surface area contributed by atoms with Gasteiger partial charge in [-0.25, -0.2) is 9.59 Å². The number of hydrogen-bond donors (Lipinski definition) is 2. The predicted molar refractivity (Wildman–Crippen MR) is 103 cm³/mol. The zero-order valence-corrected chi connectivity index (χ0v) is 16.6. The van der Waals surface area contributed by atoms with Crippen molar-refractivity contribution in [2.45, 2.75) is 58.1 Å². The van der Waals surface area contributed by atoms with E-state index in [1.165, 1.54) is 32.6 Å². The molecule has 0 bridgehead atoms. The second kappa shape index (κ2) is 10.5. The zero-order chi connectivity index (χ0) is 20.5. The molecule has 2 N–H and O–H groups in total. The Balaban J connectivity index is 1.89. The van der Waals surface area contributed by atoms with Gasteiger partial charge in [-0.15, -0.1) is 0 Å². The van der Waals surface area contributed by atoms with E-state index in [2.05, 4.69) is 10.6 Å². The van der Waals surface area contributed by atoms with Gasteiger partial charge in [0.2, 0.25) is 0 Å². The van der Waals surface area contributed by atoms with Gasteiger partial charge in [-0.2, -0.15) is 0 Å². The molecule has 2 rings (SSSR count). The van der Waals surface area contributed by atoms with E-state index in [9.17, 15) is 14.4 Å². The number of benzene rings is 1. The lowest BCUT2D eigenvalue weighted by atomic mass is 9.96. The average Bonchev–Trinajstić information content (AvgIpc) is 2.68. The van der Waals surface area contributed by atoms with Gasteiger partial charge in [-0.1, -0.05) is 19.3 Å². The Bertz CT molecular complexity index is 700. The highest BCUT2D eigenvalue weighted by atomic mass is 16.5. The van der Waals surface area contributed by atoms with Crippen molar-refractivity contribution in [2.24, 2.45) is 0 Å². The summed E-state index contributed by atoms with van der Waals surface area (Å²) in [4.78, 5) is 36.4. The fourth-order valence-electron chi connectivity index (χ4n) is 3.04. The Hall–Kier alpha value is -2.77. The number of hydrogen-bond acceptors (Lipinski definition) is 6. The number of carbonyl (C=O) groups is 3. The van der Waals surface area contributed by atoms with Crippen LogP contribution >= 0.6 is 0 Å². The highest BCUT2D eigenvalue weighted by Gasteiger charge is 2.23. The number of carbonyl (C=O) groups excluding carboxylic acids is 3. The summed E-state index contributed by atoms with van der Waals surface area (Å²) >= 11 is 0. The van der Waals surface area contributed by atoms with Crippen molar-refractivity contribution in [1.82, 2.24) is 10.6 Å². The molecule has 1 aliphatic rings. The number of amides is 3. The molecule has 1 atom stereocenters. The van der Waals surface area contributed by atoms with Crippen molar-refractivity contribution < 1.29 is 28.6 Å². The molecule has 8 heteroatoms. The van der Waals surface area contributed by atoms with Crippen LogP contribution < -0.4 is 20.1 Å². The molecule has 1 fully saturated rings. The van der Waals surface area contributed by atoms with Crippen molar-refractivity contribution in [3.63, 3.8) is 0 Å². The molecule has 0 radical (unpaired) electrons. The highest BCUT2D eigenvalue weighted by Crippen LogP contribution is 2.28. The van der Waals surface area contributed by atoms with Crippen LogP contribution in [0.5, 0.6) is 11.5 Å². The summed E-state index contributed by atoms with van der Waals surface area (Å²) in [5.74, 6) is -0.480. The van der Waals surface area contributed by atoms with Gasteiger partial charge in [0.1, 0.15) is 0 Å². The normalized spacial score (nSPS) is 15.2. The number of nitrogens with one attached hydrogen (secondary N) is 2. The van der Waals surface area contributed by atoms with Gasteiger partial charge in [-0.05, 0) is 44.9 Å². The summed E-state index contributed by atoms with van der Waals surface area (Å²) in [6, 6.07) is 4.11. The minimum atomic E-state index is -1.12. The van der Waals surface area contributed by atoms with Crippen molar-refractivity contribution in [3.8, 4) is 11.5 Å². The third-order valence-electron chi connectivity index (χ3n) is 4.53. The van der Waals surface area contributed by atoms with Crippen LogP contribution in [-0.4, -0.2) is 43.8 Å². The Morgan fingerprint density at radius 2 is 1.86 bits per heavy atom. The lowest BCUT2D eigenvalue weighted by molar-refractivity contribution is -0.127. The van der Waals surface area contributed by atoms with Crippen LogP contribution in [0.3, 0.4) is 0 Å². The number of esters is 1. The van der Waals surface area contributed by atoms with E-state index in [0.717, 1.165) is 25.7 Å². The van der Waals surface area contributed by atoms with E-state index in [1.807, 2.05) is 6.92 Å². The van der Waals surface area contributed by atoms with E-state index in [-0.39, 0.29) is 11.6 Å². The number of imide groups is 1. The summed E-state index contributed by atoms with van der Waals surface area (Å²) in [6.07, 6.45) is 4.00. The molecule has 0 spiro atoms. The van der Waals surface area contributed by atoms with Gasteiger partial charge in [0.15, 0.2) is 17.6 Å². The second-order valence-electron chi connectivity index (χ2n) is 6.64. The van der Waals surface area contributed by atoms with Crippen molar-refractivity contribution in [2.75, 3.05) is 13.7 Å². The summed E-state index contributed by atoms with van der Waals surface area (Å²) in [6.45, 7) is 3.63. The van der Waals surface area contributed by atoms with Crippen LogP contribution in [0, 0.1) is 0 Å². The molecule has 3 amide bonds. The minimum Gasteiger partial charge on any atom is -0.493 e. The maximum Gasteiger partial charge on any atom is 0.339 e. The fraction of sp³-hybridized carbons (Fsp3) is 0.550. The number of ether oxygens (including phenoxy) is 3. The van der Waals surface area contributed by atoms with E-state index in [0.29, 0.717) is 18.1 Å². The molecule has 154 valence electrons. The predicted octanol–water partition coefficient (Wildman–Crippen LogP) is 2.80. The molecule has 1 aromatic rings. The first-order valence-electron chi connectivity index (χ1n) is 9.57.